The lowest BCUT2D eigenvalue weighted by atomic mass is 10.1. The van der Waals surface area contributed by atoms with Crippen molar-refractivity contribution in [3.63, 3.8) is 0 Å². The summed E-state index contributed by atoms with van der Waals surface area (Å²) in [5.41, 5.74) is 0. The number of aliphatic hydroxyl groups excluding tert-OH is 3. The molecule has 15 nitrogen and oxygen atoms in total. The quantitative estimate of drug-likeness (QED) is 0.0166. The van der Waals surface area contributed by atoms with Crippen LogP contribution in [0.1, 0.15) is 142 Å². The molecule has 0 aromatic rings. The molecule has 0 aliphatic rings. The highest BCUT2D eigenvalue weighted by atomic mass is 31.2. The Kier molecular flexibility index (Phi) is 41.0. The highest BCUT2D eigenvalue weighted by Crippen LogP contribution is 2.45. The first-order valence-corrected chi connectivity index (χ1v) is 25.9. The first-order valence-electron chi connectivity index (χ1n) is 22.9. The molecular weight excluding hydrogens is 866 g/mol. The zero-order valence-corrected chi connectivity index (χ0v) is 40.2. The van der Waals surface area contributed by atoms with Gasteiger partial charge in [0.15, 0.2) is 0 Å². The fourth-order valence-corrected chi connectivity index (χ4v) is 6.95. The summed E-state index contributed by atoms with van der Waals surface area (Å²) in [7, 11) is -9.60. The van der Waals surface area contributed by atoms with Gasteiger partial charge in [-0.25, -0.2) is 9.13 Å². The smallest absolute Gasteiger partial charge is 0.463 e. The van der Waals surface area contributed by atoms with Crippen LogP contribution in [0.5, 0.6) is 0 Å². The van der Waals surface area contributed by atoms with Gasteiger partial charge in [0.25, 0.3) is 0 Å². The van der Waals surface area contributed by atoms with Gasteiger partial charge in [-0.15, -0.1) is 0 Å². The molecule has 5 atom stereocenters. The van der Waals surface area contributed by atoms with Crippen LogP contribution in [-0.2, 0) is 46.3 Å². The molecule has 368 valence electrons. The summed E-state index contributed by atoms with van der Waals surface area (Å²) >= 11 is 0. The first-order chi connectivity index (χ1) is 30.8. The normalized spacial score (nSPS) is 15.9. The number of rotatable bonds is 43. The van der Waals surface area contributed by atoms with E-state index >= 15 is 0 Å². The molecule has 5 unspecified atom stereocenters. The van der Waals surface area contributed by atoms with Crippen molar-refractivity contribution in [1.82, 2.24) is 0 Å². The molecule has 0 aliphatic heterocycles. The standard InChI is InChI=1S/C47H80O15P2/c1-3-5-7-9-11-13-15-16-17-18-19-20-21-22-23-24-26-28-30-32-34-36-47(52)58-38-44(49)40-60-64(55,56)62-42-45(50)41-61-63(53,54)59-39-43(48)37-57-46(51)35-33-31-29-27-25-14-12-10-8-6-4-2/h5,7,11,13,16-17,19-20,22-23,26,28,32,34,43-45,48-50H,3-4,6,8-10,12,14-15,18,21,24-25,27,29-31,33,35-42H2,1-2H3,(H,53,54)(H,55,56)/b7-5-,13-11-,17-16-,20-19-,23-22-,28-26-,34-32-. The average Bonchev–Trinajstić information content (AvgIpc) is 3.27. The van der Waals surface area contributed by atoms with Gasteiger partial charge in [0.2, 0.25) is 0 Å². The maximum atomic E-state index is 12.1. The number of esters is 2. The van der Waals surface area contributed by atoms with Crippen LogP contribution in [0.4, 0.5) is 0 Å². The minimum atomic E-state index is -4.81. The number of carbonyl (C=O) groups excluding carboxylic acids is 2. The molecule has 0 aromatic carbocycles. The van der Waals surface area contributed by atoms with E-state index in [-0.39, 0.29) is 12.8 Å². The molecule has 0 aromatic heterocycles. The van der Waals surface area contributed by atoms with E-state index in [0.717, 1.165) is 57.8 Å². The number of carbonyl (C=O) groups is 2. The fourth-order valence-electron chi connectivity index (χ4n) is 5.36. The van der Waals surface area contributed by atoms with Crippen LogP contribution >= 0.6 is 15.6 Å². The Hall–Kier alpha value is -2.78. The second kappa shape index (κ2) is 42.8. The third-order valence-electron chi connectivity index (χ3n) is 8.90. The molecule has 5 N–H and O–H groups in total. The van der Waals surface area contributed by atoms with Gasteiger partial charge in [-0.2, -0.15) is 0 Å². The van der Waals surface area contributed by atoms with Gasteiger partial charge in [0.1, 0.15) is 31.5 Å². The molecule has 64 heavy (non-hydrogen) atoms. The summed E-state index contributed by atoms with van der Waals surface area (Å²) < 4.78 is 52.8. The van der Waals surface area contributed by atoms with Gasteiger partial charge in [-0.1, -0.05) is 163 Å². The predicted molar refractivity (Wildman–Crippen MR) is 251 cm³/mol. The number of phosphoric ester groups is 2. The lowest BCUT2D eigenvalue weighted by Gasteiger charge is -2.19. The Morgan fingerprint density at radius 2 is 0.719 bits per heavy atom. The van der Waals surface area contributed by atoms with Crippen LogP contribution in [0.15, 0.2) is 85.1 Å². The molecule has 0 amide bonds. The van der Waals surface area contributed by atoms with Crippen LogP contribution in [0.2, 0.25) is 0 Å². The predicted octanol–water partition coefficient (Wildman–Crippen LogP) is 10.2. The van der Waals surface area contributed by atoms with Crippen molar-refractivity contribution in [1.29, 1.82) is 0 Å². The lowest BCUT2D eigenvalue weighted by molar-refractivity contribution is -0.147. The van der Waals surface area contributed by atoms with Crippen molar-refractivity contribution < 1.29 is 71.4 Å². The highest BCUT2D eigenvalue weighted by Gasteiger charge is 2.28. The molecule has 0 radical (unpaired) electrons. The maximum absolute atomic E-state index is 12.1. The van der Waals surface area contributed by atoms with Gasteiger partial charge >= 0.3 is 27.6 Å². The van der Waals surface area contributed by atoms with E-state index in [0.29, 0.717) is 12.8 Å². The number of ether oxygens (including phenoxy) is 2. The van der Waals surface area contributed by atoms with Crippen LogP contribution in [0, 0.1) is 0 Å². The fraction of sp³-hybridized carbons (Fsp3) is 0.660. The first kappa shape index (κ1) is 61.2. The maximum Gasteiger partial charge on any atom is 0.472 e. The molecule has 0 saturated carbocycles. The number of aliphatic hydroxyl groups is 3. The Labute approximate surface area is 383 Å². The summed E-state index contributed by atoms with van der Waals surface area (Å²) in [4.78, 5) is 43.6. The summed E-state index contributed by atoms with van der Waals surface area (Å²) in [6.45, 7) is 0.149. The molecule has 0 bridgehead atoms. The lowest BCUT2D eigenvalue weighted by Crippen LogP contribution is -2.25. The molecule has 0 spiro atoms. The van der Waals surface area contributed by atoms with E-state index in [4.69, 9.17) is 9.47 Å². The third kappa shape index (κ3) is 44.4. The Balaban J connectivity index is 4.02. The van der Waals surface area contributed by atoms with Gasteiger partial charge in [0.05, 0.1) is 32.8 Å². The number of unbranched alkanes of at least 4 members (excludes halogenated alkanes) is 10. The zero-order valence-electron chi connectivity index (χ0n) is 38.4. The number of hydrogen-bond donors (Lipinski definition) is 5. The molecule has 0 fully saturated rings. The highest BCUT2D eigenvalue weighted by molar-refractivity contribution is 7.47. The second-order valence-corrected chi connectivity index (χ2v) is 18.0. The van der Waals surface area contributed by atoms with E-state index in [1.807, 2.05) is 12.2 Å². The van der Waals surface area contributed by atoms with E-state index in [1.165, 1.54) is 44.9 Å². The van der Waals surface area contributed by atoms with Gasteiger partial charge < -0.3 is 34.6 Å². The molecule has 0 aliphatic carbocycles. The number of hydrogen-bond acceptors (Lipinski definition) is 13. The molecule has 0 rings (SSSR count). The summed E-state index contributed by atoms with van der Waals surface area (Å²) in [5, 5.41) is 29.9. The molecule has 0 saturated heterocycles. The third-order valence-corrected chi connectivity index (χ3v) is 10.8. The van der Waals surface area contributed by atoms with E-state index in [2.05, 4.69) is 92.7 Å². The minimum Gasteiger partial charge on any atom is -0.463 e. The van der Waals surface area contributed by atoms with Crippen LogP contribution in [0.3, 0.4) is 0 Å². The average molecular weight is 947 g/mol. The van der Waals surface area contributed by atoms with Crippen LogP contribution in [-0.4, -0.2) is 95.0 Å². The van der Waals surface area contributed by atoms with E-state index < -0.39 is 85.5 Å². The SMILES string of the molecule is CC/C=C\C/C=C\C/C=C\C/C=C\C/C=C\C/C=C\C/C=C\CC(=O)OCC(O)COP(=O)(O)OCC(O)COP(=O)(O)OCC(O)COC(=O)CCCCCCCCCCCCC. The van der Waals surface area contributed by atoms with Gasteiger partial charge in [-0.05, 0) is 51.4 Å². The number of phosphoric acid groups is 2. The molecular formula is C47H80O15P2. The molecule has 0 heterocycles. The van der Waals surface area contributed by atoms with Gasteiger partial charge in [-0.3, -0.25) is 27.7 Å². The molecule has 17 heteroatoms. The largest absolute Gasteiger partial charge is 0.472 e. The second-order valence-electron chi connectivity index (χ2n) is 15.1. The van der Waals surface area contributed by atoms with Crippen molar-refractivity contribution in [2.24, 2.45) is 0 Å². The monoisotopic (exact) mass is 946 g/mol. The van der Waals surface area contributed by atoms with Crippen molar-refractivity contribution in [3.8, 4) is 0 Å². The van der Waals surface area contributed by atoms with Crippen molar-refractivity contribution in [2.45, 2.75) is 161 Å². The van der Waals surface area contributed by atoms with Crippen molar-refractivity contribution >= 4 is 27.6 Å². The Morgan fingerprint density at radius 1 is 0.422 bits per heavy atom. The topological polar surface area (TPSA) is 225 Å². The summed E-state index contributed by atoms with van der Waals surface area (Å²) in [6, 6.07) is 0. The zero-order chi connectivity index (χ0) is 47.4. The summed E-state index contributed by atoms with van der Waals surface area (Å²) in [5.74, 6) is -1.13. The number of allylic oxidation sites excluding steroid dienone is 13. The minimum absolute atomic E-state index is 0.0426. The van der Waals surface area contributed by atoms with E-state index in [1.54, 1.807) is 12.2 Å². The van der Waals surface area contributed by atoms with Crippen LogP contribution in [0.25, 0.3) is 0 Å². The van der Waals surface area contributed by atoms with Crippen LogP contribution < -0.4 is 0 Å². The Bertz CT molecular complexity index is 1470. The van der Waals surface area contributed by atoms with Gasteiger partial charge in [0, 0.05) is 6.42 Å². The van der Waals surface area contributed by atoms with E-state index in [9.17, 15) is 43.8 Å². The van der Waals surface area contributed by atoms with Crippen molar-refractivity contribution in [3.05, 3.63) is 85.1 Å². The summed E-state index contributed by atoms with van der Waals surface area (Å²) in [6.07, 6.45) is 43.2. The van der Waals surface area contributed by atoms with Crippen molar-refractivity contribution in [2.75, 3.05) is 39.6 Å². The Morgan fingerprint density at radius 3 is 1.08 bits per heavy atom.